The van der Waals surface area contributed by atoms with Crippen LogP contribution >= 0.6 is 24.0 Å². The zero-order chi connectivity index (χ0) is 21.8. The van der Waals surface area contributed by atoms with Gasteiger partial charge in [0.25, 0.3) is 5.91 Å². The molecule has 0 bridgehead atoms. The summed E-state index contributed by atoms with van der Waals surface area (Å²) in [6.07, 6.45) is 2.83. The van der Waals surface area contributed by atoms with Crippen LogP contribution in [0.3, 0.4) is 0 Å². The molecule has 0 radical (unpaired) electrons. The van der Waals surface area contributed by atoms with E-state index in [0.717, 1.165) is 12.1 Å². The van der Waals surface area contributed by atoms with Crippen molar-refractivity contribution in [3.05, 3.63) is 71.0 Å². The quantitative estimate of drug-likeness (QED) is 0.539. The Morgan fingerprint density at radius 2 is 2.06 bits per heavy atom. The van der Waals surface area contributed by atoms with Crippen LogP contribution in [0.5, 0.6) is 5.75 Å². The van der Waals surface area contributed by atoms with Crippen molar-refractivity contribution in [3.8, 4) is 11.4 Å². The van der Waals surface area contributed by atoms with Crippen LogP contribution in [0.15, 0.2) is 54.9 Å². The van der Waals surface area contributed by atoms with E-state index in [4.69, 9.17) is 16.3 Å². The first-order chi connectivity index (χ1) is 15.0. The lowest BCUT2D eigenvalue weighted by Gasteiger charge is -2.25. The average Bonchev–Trinajstić information content (AvgIpc) is 3.25. The molecular formula is C21H20Cl2F2N4O3. The van der Waals surface area contributed by atoms with Crippen LogP contribution in [0, 0.1) is 0 Å². The largest absolute Gasteiger partial charge is 0.435 e. The molecule has 0 saturated carbocycles. The Balaban J connectivity index is 0.00000289. The van der Waals surface area contributed by atoms with E-state index < -0.39 is 6.61 Å². The van der Waals surface area contributed by atoms with Crippen LogP contribution in [0.4, 0.5) is 14.5 Å². The van der Waals surface area contributed by atoms with Crippen molar-refractivity contribution in [1.29, 1.82) is 0 Å². The number of alkyl halides is 2. The molecule has 2 heterocycles. The van der Waals surface area contributed by atoms with E-state index in [2.05, 4.69) is 20.5 Å². The molecule has 1 fully saturated rings. The van der Waals surface area contributed by atoms with Gasteiger partial charge >= 0.3 is 6.61 Å². The first-order valence-electron chi connectivity index (χ1n) is 9.52. The molecule has 1 atom stereocenters. The van der Waals surface area contributed by atoms with Crippen molar-refractivity contribution in [1.82, 2.24) is 15.1 Å². The molecule has 0 spiro atoms. The number of aromatic nitrogens is 2. The monoisotopic (exact) mass is 484 g/mol. The van der Waals surface area contributed by atoms with Gasteiger partial charge in [-0.2, -0.15) is 13.9 Å². The highest BCUT2D eigenvalue weighted by Gasteiger charge is 2.19. The number of nitrogens with one attached hydrogen (secondary N) is 2. The Bertz CT molecular complexity index is 1060. The van der Waals surface area contributed by atoms with Gasteiger partial charge in [-0.25, -0.2) is 4.68 Å². The van der Waals surface area contributed by atoms with Crippen LogP contribution in [0.25, 0.3) is 5.69 Å². The summed E-state index contributed by atoms with van der Waals surface area (Å²) in [6, 6.07) is 11.2. The van der Waals surface area contributed by atoms with Crippen LogP contribution in [-0.2, 0) is 4.74 Å². The summed E-state index contributed by atoms with van der Waals surface area (Å²) in [5, 5.41) is 10.7. The molecule has 2 aromatic carbocycles. The molecule has 1 aliphatic heterocycles. The number of hydrogen-bond donors (Lipinski definition) is 2. The molecule has 0 aliphatic carbocycles. The number of anilines is 1. The minimum Gasteiger partial charge on any atom is -0.435 e. The van der Waals surface area contributed by atoms with Gasteiger partial charge in [0.15, 0.2) is 0 Å². The molecule has 2 N–H and O–H groups in total. The topological polar surface area (TPSA) is 77.4 Å². The molecule has 7 nitrogen and oxygen atoms in total. The van der Waals surface area contributed by atoms with Gasteiger partial charge in [0.05, 0.1) is 30.2 Å². The van der Waals surface area contributed by atoms with E-state index in [9.17, 15) is 13.6 Å². The third-order valence-electron chi connectivity index (χ3n) is 4.70. The lowest BCUT2D eigenvalue weighted by Crippen LogP contribution is -2.33. The van der Waals surface area contributed by atoms with Crippen LogP contribution in [0.1, 0.15) is 22.0 Å². The summed E-state index contributed by atoms with van der Waals surface area (Å²) >= 11 is 6.39. The summed E-state index contributed by atoms with van der Waals surface area (Å²) in [5.74, 6) is -0.318. The lowest BCUT2D eigenvalue weighted by atomic mass is 10.1. The Kier molecular flexibility index (Phi) is 8.03. The van der Waals surface area contributed by atoms with Crippen LogP contribution < -0.4 is 15.4 Å². The fourth-order valence-corrected chi connectivity index (χ4v) is 3.50. The maximum Gasteiger partial charge on any atom is 0.387 e. The van der Waals surface area contributed by atoms with Crippen molar-refractivity contribution >= 4 is 35.6 Å². The maximum absolute atomic E-state index is 12.6. The predicted molar refractivity (Wildman–Crippen MR) is 118 cm³/mol. The van der Waals surface area contributed by atoms with E-state index >= 15 is 0 Å². The van der Waals surface area contributed by atoms with E-state index in [1.807, 2.05) is 6.07 Å². The lowest BCUT2D eigenvalue weighted by molar-refractivity contribution is -0.0498. The number of ether oxygens (including phenoxy) is 2. The maximum atomic E-state index is 12.6. The molecule has 4 rings (SSSR count). The zero-order valence-electron chi connectivity index (χ0n) is 16.6. The van der Waals surface area contributed by atoms with Gasteiger partial charge in [-0.05, 0) is 36.4 Å². The number of morpholine rings is 1. The number of rotatable bonds is 6. The fraction of sp³-hybridized carbons (Fsp3) is 0.238. The first-order valence-corrected chi connectivity index (χ1v) is 9.90. The minimum absolute atomic E-state index is 0. The normalized spacial score (nSPS) is 15.8. The smallest absolute Gasteiger partial charge is 0.387 e. The molecule has 1 aromatic heterocycles. The van der Waals surface area contributed by atoms with Crippen molar-refractivity contribution in [3.63, 3.8) is 0 Å². The molecule has 11 heteroatoms. The standard InChI is InChI=1S/C21H19ClF2N4O3.ClH/c22-18-9-14(1-6-17(18)19-11-25-7-8-30-19)27-20(29)13-10-26-28(12-13)15-2-4-16(5-3-15)31-21(23)24;/h1-6,9-10,12,19,21,25H,7-8,11H2,(H,27,29);1H/t19-;/m1./s1. The highest BCUT2D eigenvalue weighted by Crippen LogP contribution is 2.29. The van der Waals surface area contributed by atoms with Gasteiger partial charge in [0.1, 0.15) is 5.75 Å². The van der Waals surface area contributed by atoms with Crippen molar-refractivity contribution in [2.24, 2.45) is 0 Å². The summed E-state index contributed by atoms with van der Waals surface area (Å²) < 4.78 is 36.0. The third kappa shape index (κ3) is 5.74. The highest BCUT2D eigenvalue weighted by molar-refractivity contribution is 6.31. The summed E-state index contributed by atoms with van der Waals surface area (Å²) in [4.78, 5) is 12.6. The first kappa shape index (κ1) is 23.9. The van der Waals surface area contributed by atoms with Gasteiger partial charge in [0.2, 0.25) is 0 Å². The van der Waals surface area contributed by atoms with Crippen molar-refractivity contribution in [2.45, 2.75) is 12.7 Å². The summed E-state index contributed by atoms with van der Waals surface area (Å²) in [5.41, 5.74) is 2.32. The van der Waals surface area contributed by atoms with Crippen LogP contribution in [0.2, 0.25) is 5.02 Å². The summed E-state index contributed by atoms with van der Waals surface area (Å²) in [7, 11) is 0. The van der Waals surface area contributed by atoms with Gasteiger partial charge in [-0.1, -0.05) is 17.7 Å². The van der Waals surface area contributed by atoms with Crippen molar-refractivity contribution in [2.75, 3.05) is 25.0 Å². The van der Waals surface area contributed by atoms with Gasteiger partial charge < -0.3 is 20.1 Å². The second-order valence-corrected chi connectivity index (χ2v) is 7.21. The average molecular weight is 485 g/mol. The Hall–Kier alpha value is -2.72. The van der Waals surface area contributed by atoms with Gasteiger partial charge in [-0.3, -0.25) is 4.79 Å². The highest BCUT2D eigenvalue weighted by atomic mass is 35.5. The number of nitrogens with zero attached hydrogens (tertiary/aromatic N) is 2. The number of carbonyl (C=O) groups excluding carboxylic acids is 1. The number of hydrogen-bond acceptors (Lipinski definition) is 5. The second kappa shape index (κ2) is 10.7. The number of halogens is 4. The van der Waals surface area contributed by atoms with Crippen molar-refractivity contribution < 1.29 is 23.0 Å². The molecule has 3 aromatic rings. The Morgan fingerprint density at radius 1 is 1.28 bits per heavy atom. The number of benzene rings is 2. The Morgan fingerprint density at radius 3 is 2.72 bits per heavy atom. The fourth-order valence-electron chi connectivity index (χ4n) is 3.20. The molecule has 170 valence electrons. The predicted octanol–water partition coefficient (Wildman–Crippen LogP) is 4.46. The van der Waals surface area contributed by atoms with Crippen LogP contribution in [-0.4, -0.2) is 42.0 Å². The minimum atomic E-state index is -2.89. The SMILES string of the molecule is Cl.O=C(Nc1ccc([C@H]2CNCCO2)c(Cl)c1)c1cnn(-c2ccc(OC(F)F)cc2)c1. The van der Waals surface area contributed by atoms with Gasteiger partial charge in [0, 0.05) is 35.6 Å². The molecule has 0 unspecified atom stereocenters. The molecular weight excluding hydrogens is 465 g/mol. The van der Waals surface area contributed by atoms with E-state index in [0.29, 0.717) is 35.1 Å². The molecule has 1 saturated heterocycles. The third-order valence-corrected chi connectivity index (χ3v) is 5.03. The van der Waals surface area contributed by atoms with Gasteiger partial charge in [-0.15, -0.1) is 12.4 Å². The summed E-state index contributed by atoms with van der Waals surface area (Å²) in [6.45, 7) is -0.783. The number of amides is 1. The molecule has 32 heavy (non-hydrogen) atoms. The Labute approximate surface area is 194 Å². The van der Waals surface area contributed by atoms with E-state index in [1.54, 1.807) is 24.3 Å². The van der Waals surface area contributed by atoms with E-state index in [-0.39, 0.29) is 30.2 Å². The zero-order valence-corrected chi connectivity index (χ0v) is 18.2. The second-order valence-electron chi connectivity index (χ2n) is 6.80. The van der Waals surface area contributed by atoms with E-state index in [1.165, 1.54) is 29.2 Å². The molecule has 1 aliphatic rings. The number of carbonyl (C=O) groups is 1. The molecule has 1 amide bonds.